The van der Waals surface area contributed by atoms with Gasteiger partial charge in [0.1, 0.15) is 5.82 Å². The number of guanidine groups is 1. The third kappa shape index (κ3) is 6.58. The zero-order valence-corrected chi connectivity index (χ0v) is 18.6. The predicted molar refractivity (Wildman–Crippen MR) is 116 cm³/mol. The van der Waals surface area contributed by atoms with E-state index >= 15 is 0 Å². The van der Waals surface area contributed by atoms with Gasteiger partial charge in [-0.05, 0) is 37.5 Å². The molecule has 160 valence electrons. The minimum Gasteiger partial charge on any atom is -0.357 e. The van der Waals surface area contributed by atoms with Crippen LogP contribution in [0.25, 0.3) is 0 Å². The fraction of sp³-hybridized carbons (Fsp3) is 0.526. The van der Waals surface area contributed by atoms with E-state index in [0.29, 0.717) is 24.6 Å². The number of benzene rings is 1. The standard InChI is InChI=1S/C19H25F3N6.HI/c1-2-23-18(24-12-14-7-6-8-15(11-14)19(20,21)22)25-13-17-27-26-16-9-4-3-5-10-28(16)17;/h6-8,11H,2-5,9-10,12-13H2,1H3,(H2,23,24,25);1H. The highest BCUT2D eigenvalue weighted by atomic mass is 127. The van der Waals surface area contributed by atoms with Crippen molar-refractivity contribution in [2.24, 2.45) is 4.99 Å². The highest BCUT2D eigenvalue weighted by Crippen LogP contribution is 2.29. The summed E-state index contributed by atoms with van der Waals surface area (Å²) < 4.78 is 40.7. The summed E-state index contributed by atoms with van der Waals surface area (Å²) in [7, 11) is 0. The molecule has 6 nitrogen and oxygen atoms in total. The lowest BCUT2D eigenvalue weighted by Gasteiger charge is -2.13. The van der Waals surface area contributed by atoms with Gasteiger partial charge in [0.05, 0.1) is 18.7 Å². The van der Waals surface area contributed by atoms with Gasteiger partial charge in [0, 0.05) is 19.5 Å². The molecule has 0 amide bonds. The minimum atomic E-state index is -4.35. The van der Waals surface area contributed by atoms with Gasteiger partial charge in [-0.2, -0.15) is 13.2 Å². The smallest absolute Gasteiger partial charge is 0.357 e. The van der Waals surface area contributed by atoms with Crippen LogP contribution in [-0.4, -0.2) is 27.3 Å². The first kappa shape index (κ1) is 23.4. The van der Waals surface area contributed by atoms with Gasteiger partial charge < -0.3 is 15.2 Å². The van der Waals surface area contributed by atoms with Crippen molar-refractivity contribution >= 4 is 29.9 Å². The molecule has 3 rings (SSSR count). The zero-order valence-electron chi connectivity index (χ0n) is 16.3. The number of aliphatic imine (C=N–C) groups is 1. The van der Waals surface area contributed by atoms with E-state index in [1.165, 1.54) is 12.5 Å². The second-order valence-corrected chi connectivity index (χ2v) is 6.74. The Labute approximate surface area is 185 Å². The van der Waals surface area contributed by atoms with E-state index in [2.05, 4.69) is 30.4 Å². The summed E-state index contributed by atoms with van der Waals surface area (Å²) in [6.45, 7) is 4.10. The van der Waals surface area contributed by atoms with Crippen LogP contribution in [0.2, 0.25) is 0 Å². The first-order valence-electron chi connectivity index (χ1n) is 9.56. The topological polar surface area (TPSA) is 67.1 Å². The summed E-state index contributed by atoms with van der Waals surface area (Å²) in [5, 5.41) is 14.9. The van der Waals surface area contributed by atoms with Crippen LogP contribution in [0.5, 0.6) is 0 Å². The van der Waals surface area contributed by atoms with Crippen LogP contribution >= 0.6 is 24.0 Å². The van der Waals surface area contributed by atoms with Crippen LogP contribution < -0.4 is 10.6 Å². The number of halogens is 4. The van der Waals surface area contributed by atoms with Crippen molar-refractivity contribution in [3.63, 3.8) is 0 Å². The van der Waals surface area contributed by atoms with Gasteiger partial charge in [-0.1, -0.05) is 18.6 Å². The second-order valence-electron chi connectivity index (χ2n) is 6.74. The summed E-state index contributed by atoms with van der Waals surface area (Å²) in [6, 6.07) is 5.24. The molecule has 0 bridgehead atoms. The molecule has 10 heteroatoms. The molecular weight excluding hydrogens is 496 g/mol. The van der Waals surface area contributed by atoms with Gasteiger partial charge in [-0.25, -0.2) is 4.99 Å². The van der Waals surface area contributed by atoms with E-state index in [9.17, 15) is 13.2 Å². The minimum absolute atomic E-state index is 0. The average Bonchev–Trinajstić information content (AvgIpc) is 2.90. The summed E-state index contributed by atoms with van der Waals surface area (Å²) in [5.74, 6) is 2.40. The molecule has 0 spiro atoms. The lowest BCUT2D eigenvalue weighted by atomic mass is 10.1. The molecule has 2 aromatic rings. The van der Waals surface area contributed by atoms with Crippen molar-refractivity contribution in [1.29, 1.82) is 0 Å². The van der Waals surface area contributed by atoms with Crippen molar-refractivity contribution in [2.45, 2.75) is 58.4 Å². The Kier molecular flexibility index (Phi) is 8.72. The fourth-order valence-electron chi connectivity index (χ4n) is 3.20. The molecule has 29 heavy (non-hydrogen) atoms. The van der Waals surface area contributed by atoms with Crippen molar-refractivity contribution in [3.05, 3.63) is 47.0 Å². The van der Waals surface area contributed by atoms with E-state index < -0.39 is 11.7 Å². The first-order chi connectivity index (χ1) is 13.5. The maximum absolute atomic E-state index is 12.9. The Morgan fingerprint density at radius 3 is 2.76 bits per heavy atom. The van der Waals surface area contributed by atoms with E-state index in [0.717, 1.165) is 49.6 Å². The molecule has 1 aromatic carbocycles. The van der Waals surface area contributed by atoms with E-state index in [1.54, 1.807) is 6.07 Å². The molecule has 0 fully saturated rings. The first-order valence-corrected chi connectivity index (χ1v) is 9.56. The third-order valence-corrected chi connectivity index (χ3v) is 4.62. The number of hydrogen-bond donors (Lipinski definition) is 2. The normalized spacial score (nSPS) is 14.6. The Morgan fingerprint density at radius 2 is 2.00 bits per heavy atom. The third-order valence-electron chi connectivity index (χ3n) is 4.62. The number of hydrogen-bond acceptors (Lipinski definition) is 3. The van der Waals surface area contributed by atoms with Crippen LogP contribution in [-0.2, 0) is 32.2 Å². The van der Waals surface area contributed by atoms with Crippen LogP contribution in [0.15, 0.2) is 29.3 Å². The van der Waals surface area contributed by atoms with E-state index in [1.807, 2.05) is 6.92 Å². The highest BCUT2D eigenvalue weighted by molar-refractivity contribution is 14.0. The van der Waals surface area contributed by atoms with Gasteiger partial charge in [0.25, 0.3) is 0 Å². The van der Waals surface area contributed by atoms with Gasteiger partial charge >= 0.3 is 6.18 Å². The van der Waals surface area contributed by atoms with Crippen molar-refractivity contribution in [3.8, 4) is 0 Å². The maximum Gasteiger partial charge on any atom is 0.416 e. The van der Waals surface area contributed by atoms with Crippen LogP contribution in [0.3, 0.4) is 0 Å². The van der Waals surface area contributed by atoms with Gasteiger partial charge in [0.2, 0.25) is 0 Å². The Bertz CT molecular complexity index is 819. The summed E-state index contributed by atoms with van der Waals surface area (Å²) in [4.78, 5) is 4.41. The number of aromatic nitrogens is 3. The quantitative estimate of drug-likeness (QED) is 0.355. The lowest BCUT2D eigenvalue weighted by molar-refractivity contribution is -0.137. The number of nitrogens with zero attached hydrogens (tertiary/aromatic N) is 4. The Hall–Kier alpha value is -1.85. The van der Waals surface area contributed by atoms with E-state index in [-0.39, 0.29) is 30.5 Å². The molecule has 0 radical (unpaired) electrons. The number of aryl methyl sites for hydroxylation is 1. The Morgan fingerprint density at radius 1 is 1.17 bits per heavy atom. The average molecular weight is 522 g/mol. The second kappa shape index (κ2) is 10.8. The lowest BCUT2D eigenvalue weighted by Crippen LogP contribution is -2.37. The maximum atomic E-state index is 12.9. The molecule has 0 atom stereocenters. The molecule has 2 N–H and O–H groups in total. The largest absolute Gasteiger partial charge is 0.416 e. The molecule has 0 unspecified atom stereocenters. The monoisotopic (exact) mass is 522 g/mol. The van der Waals surface area contributed by atoms with E-state index in [4.69, 9.17) is 0 Å². The predicted octanol–water partition coefficient (Wildman–Crippen LogP) is 3.90. The molecular formula is C19H26F3IN6. The molecule has 2 heterocycles. The molecule has 1 aliphatic rings. The summed E-state index contributed by atoms with van der Waals surface area (Å²) in [5.41, 5.74) is -0.160. The Balaban J connectivity index is 0.00000300. The van der Waals surface area contributed by atoms with Crippen molar-refractivity contribution in [2.75, 3.05) is 6.54 Å². The number of alkyl halides is 3. The molecule has 1 aliphatic heterocycles. The molecule has 0 saturated carbocycles. The summed E-state index contributed by atoms with van der Waals surface area (Å²) >= 11 is 0. The number of rotatable bonds is 5. The van der Waals surface area contributed by atoms with Crippen LogP contribution in [0.1, 0.15) is 49.0 Å². The van der Waals surface area contributed by atoms with Gasteiger partial charge in [0.15, 0.2) is 11.8 Å². The van der Waals surface area contributed by atoms with Crippen LogP contribution in [0.4, 0.5) is 13.2 Å². The highest BCUT2D eigenvalue weighted by Gasteiger charge is 2.30. The number of fused-ring (bicyclic) bond motifs is 1. The SMILES string of the molecule is CCNC(=NCc1cccc(C(F)(F)F)c1)NCc1nnc2n1CCCCC2.I. The van der Waals surface area contributed by atoms with Gasteiger partial charge in [-0.15, -0.1) is 34.2 Å². The fourth-order valence-corrected chi connectivity index (χ4v) is 3.20. The van der Waals surface area contributed by atoms with Crippen molar-refractivity contribution in [1.82, 2.24) is 25.4 Å². The molecule has 1 aromatic heterocycles. The van der Waals surface area contributed by atoms with Crippen LogP contribution in [0, 0.1) is 0 Å². The van der Waals surface area contributed by atoms with Crippen molar-refractivity contribution < 1.29 is 13.2 Å². The zero-order chi connectivity index (χ0) is 20.0. The van der Waals surface area contributed by atoms with Gasteiger partial charge in [-0.3, -0.25) is 0 Å². The number of nitrogens with one attached hydrogen (secondary N) is 2. The molecule has 0 saturated heterocycles. The molecule has 0 aliphatic carbocycles. The summed E-state index contributed by atoms with van der Waals surface area (Å²) in [6.07, 6.45) is 0.0242.